The van der Waals surface area contributed by atoms with Gasteiger partial charge in [0.25, 0.3) is 0 Å². The fourth-order valence-corrected chi connectivity index (χ4v) is 3.87. The molecule has 1 aliphatic heterocycles. The number of phenols is 1. The second-order valence-electron chi connectivity index (χ2n) is 8.82. The molecule has 0 radical (unpaired) electrons. The van der Waals surface area contributed by atoms with Gasteiger partial charge in [0.05, 0.1) is 19.0 Å². The summed E-state index contributed by atoms with van der Waals surface area (Å²) in [5.74, 6) is 1.41. The zero-order valence-corrected chi connectivity index (χ0v) is 18.3. The number of nitrogens with one attached hydrogen (secondary N) is 1. The average Bonchev–Trinajstić information content (AvgIpc) is 3.20. The monoisotopic (exact) mass is 420 g/mol. The van der Waals surface area contributed by atoms with Crippen molar-refractivity contribution < 1.29 is 9.84 Å². The van der Waals surface area contributed by atoms with Crippen LogP contribution >= 0.6 is 0 Å². The highest BCUT2D eigenvalue weighted by Gasteiger charge is 2.26. The summed E-state index contributed by atoms with van der Waals surface area (Å²) in [6, 6.07) is 11.5. The van der Waals surface area contributed by atoms with E-state index >= 15 is 0 Å². The van der Waals surface area contributed by atoms with Gasteiger partial charge in [-0.15, -0.1) is 15.3 Å². The van der Waals surface area contributed by atoms with Crippen molar-refractivity contribution in [2.75, 3.05) is 25.1 Å². The van der Waals surface area contributed by atoms with Gasteiger partial charge in [-0.1, -0.05) is 6.07 Å². The van der Waals surface area contributed by atoms with Crippen LogP contribution < -0.4 is 15.0 Å². The Labute approximate surface area is 182 Å². The number of rotatable bonds is 5. The fraction of sp³-hybridized carbons (Fsp3) is 0.391. The molecule has 1 unspecified atom stereocenters. The molecule has 1 fully saturated rings. The summed E-state index contributed by atoms with van der Waals surface area (Å²) in [7, 11) is 1.54. The number of methoxy groups -OCH3 is 1. The van der Waals surface area contributed by atoms with Crippen LogP contribution in [-0.2, 0) is 0 Å². The number of phenolic OH excluding ortho intramolecular Hbond substituents is 1. The normalized spacial score (nSPS) is 16.5. The summed E-state index contributed by atoms with van der Waals surface area (Å²) in [4.78, 5) is 2.24. The quantitative estimate of drug-likeness (QED) is 0.649. The molecule has 162 valence electrons. The van der Waals surface area contributed by atoms with E-state index in [0.29, 0.717) is 23.2 Å². The largest absolute Gasteiger partial charge is 0.507 e. The van der Waals surface area contributed by atoms with E-state index in [9.17, 15) is 5.11 Å². The molecule has 8 nitrogen and oxygen atoms in total. The molecule has 2 aromatic heterocycles. The lowest BCUT2D eigenvalue weighted by Crippen LogP contribution is -2.45. The Morgan fingerprint density at radius 2 is 1.90 bits per heavy atom. The Hall–Kier alpha value is -3.26. The van der Waals surface area contributed by atoms with Crippen LogP contribution in [0.2, 0.25) is 0 Å². The Morgan fingerprint density at radius 3 is 2.58 bits per heavy atom. The van der Waals surface area contributed by atoms with Crippen molar-refractivity contribution in [3.05, 3.63) is 42.6 Å². The van der Waals surface area contributed by atoms with E-state index in [1.54, 1.807) is 25.4 Å². The lowest BCUT2D eigenvalue weighted by atomic mass is 10.0. The van der Waals surface area contributed by atoms with Crippen LogP contribution in [-0.4, -0.2) is 57.3 Å². The Morgan fingerprint density at radius 1 is 1.06 bits per heavy atom. The predicted molar refractivity (Wildman–Crippen MR) is 120 cm³/mol. The molecule has 1 atom stereocenters. The summed E-state index contributed by atoms with van der Waals surface area (Å²) in [5, 5.41) is 30.8. The first-order valence-corrected chi connectivity index (χ1v) is 10.4. The first kappa shape index (κ1) is 21.0. The molecule has 3 aromatic rings. The van der Waals surface area contributed by atoms with Gasteiger partial charge in [0.2, 0.25) is 5.88 Å². The average molecular weight is 421 g/mol. The SMILES string of the molecule is COc1cc(-c2ccc(-c3ccc(N4CCC(NC(C)(C)C)C4)nn3)c(O)c2)cnn1. The molecule has 0 aliphatic carbocycles. The van der Waals surface area contributed by atoms with Gasteiger partial charge < -0.3 is 20.1 Å². The number of ether oxygens (including phenoxy) is 1. The van der Waals surface area contributed by atoms with Crippen LogP contribution in [0.25, 0.3) is 22.4 Å². The number of hydrogen-bond acceptors (Lipinski definition) is 8. The molecule has 8 heteroatoms. The van der Waals surface area contributed by atoms with Crippen molar-refractivity contribution in [3.63, 3.8) is 0 Å². The molecule has 2 N–H and O–H groups in total. The maximum absolute atomic E-state index is 10.6. The first-order chi connectivity index (χ1) is 14.8. The number of hydrogen-bond donors (Lipinski definition) is 2. The molecule has 31 heavy (non-hydrogen) atoms. The van der Waals surface area contributed by atoms with Crippen LogP contribution in [0.4, 0.5) is 5.82 Å². The van der Waals surface area contributed by atoms with Crippen molar-refractivity contribution in [1.29, 1.82) is 0 Å². The third kappa shape index (κ3) is 4.91. The van der Waals surface area contributed by atoms with Crippen LogP contribution in [0.15, 0.2) is 42.6 Å². The van der Waals surface area contributed by atoms with Gasteiger partial charge in [-0.3, -0.25) is 0 Å². The van der Waals surface area contributed by atoms with Crippen LogP contribution in [0.3, 0.4) is 0 Å². The molecular weight excluding hydrogens is 392 g/mol. The minimum absolute atomic E-state index is 0.0946. The van der Waals surface area contributed by atoms with Crippen molar-refractivity contribution in [2.45, 2.75) is 38.8 Å². The minimum atomic E-state index is 0.0946. The van der Waals surface area contributed by atoms with Crippen LogP contribution in [0, 0.1) is 0 Å². The molecule has 4 rings (SSSR count). The van der Waals surface area contributed by atoms with Crippen molar-refractivity contribution >= 4 is 5.82 Å². The van der Waals surface area contributed by atoms with Gasteiger partial charge >= 0.3 is 0 Å². The lowest BCUT2D eigenvalue weighted by Gasteiger charge is -2.26. The van der Waals surface area contributed by atoms with Crippen molar-refractivity contribution in [3.8, 4) is 34.0 Å². The van der Waals surface area contributed by atoms with Gasteiger partial charge in [-0.2, -0.15) is 5.10 Å². The highest BCUT2D eigenvalue weighted by molar-refractivity contribution is 5.74. The summed E-state index contributed by atoms with van der Waals surface area (Å²) >= 11 is 0. The predicted octanol–water partition coefficient (Wildman–Crippen LogP) is 3.28. The second kappa shape index (κ2) is 8.47. The third-order valence-corrected chi connectivity index (χ3v) is 5.25. The third-order valence-electron chi connectivity index (χ3n) is 5.25. The van der Waals surface area contributed by atoms with E-state index in [-0.39, 0.29) is 11.3 Å². The maximum atomic E-state index is 10.6. The zero-order valence-electron chi connectivity index (χ0n) is 18.3. The lowest BCUT2D eigenvalue weighted by molar-refractivity contribution is 0.373. The van der Waals surface area contributed by atoms with Gasteiger partial charge in [0, 0.05) is 41.9 Å². The molecule has 1 aromatic carbocycles. The van der Waals surface area contributed by atoms with E-state index in [4.69, 9.17) is 4.74 Å². The fourth-order valence-electron chi connectivity index (χ4n) is 3.87. The molecule has 1 aliphatic rings. The number of benzene rings is 1. The highest BCUT2D eigenvalue weighted by atomic mass is 16.5. The number of aromatic nitrogens is 4. The van der Waals surface area contributed by atoms with Crippen LogP contribution in [0.5, 0.6) is 11.6 Å². The summed E-state index contributed by atoms with van der Waals surface area (Å²) < 4.78 is 5.12. The zero-order chi connectivity index (χ0) is 22.0. The molecule has 0 amide bonds. The highest BCUT2D eigenvalue weighted by Crippen LogP contribution is 2.33. The molecule has 1 saturated heterocycles. The van der Waals surface area contributed by atoms with Crippen LogP contribution in [0.1, 0.15) is 27.2 Å². The first-order valence-electron chi connectivity index (χ1n) is 10.4. The molecular formula is C23H28N6O2. The summed E-state index contributed by atoms with van der Waals surface area (Å²) in [6.45, 7) is 8.41. The smallest absolute Gasteiger partial charge is 0.233 e. The topological polar surface area (TPSA) is 96.3 Å². The van der Waals surface area contributed by atoms with Gasteiger partial charge in [-0.25, -0.2) is 0 Å². The maximum Gasteiger partial charge on any atom is 0.233 e. The van der Waals surface area contributed by atoms with Crippen molar-refractivity contribution in [2.24, 2.45) is 0 Å². The number of nitrogens with zero attached hydrogens (tertiary/aromatic N) is 5. The minimum Gasteiger partial charge on any atom is -0.507 e. The van der Waals surface area contributed by atoms with Gasteiger partial charge in [0.15, 0.2) is 5.82 Å². The van der Waals surface area contributed by atoms with E-state index in [0.717, 1.165) is 36.5 Å². The number of anilines is 1. The summed E-state index contributed by atoms with van der Waals surface area (Å²) in [6.07, 6.45) is 2.71. The van der Waals surface area contributed by atoms with E-state index in [1.807, 2.05) is 24.3 Å². The summed E-state index contributed by atoms with van der Waals surface area (Å²) in [5.41, 5.74) is 2.97. The van der Waals surface area contributed by atoms with Gasteiger partial charge in [-0.05, 0) is 57.0 Å². The standard InChI is InChI=1S/C23H28N6O2/c1-23(2,3)25-17-9-10-29(14-17)21-8-7-19(26-27-21)18-6-5-15(11-20(18)30)16-12-22(31-4)28-24-13-16/h5-8,11-13,17,25,30H,9-10,14H2,1-4H3. The molecule has 3 heterocycles. The molecule has 0 bridgehead atoms. The second-order valence-corrected chi connectivity index (χ2v) is 8.82. The Bertz CT molecular complexity index is 1050. The van der Waals surface area contributed by atoms with E-state index in [1.165, 1.54) is 0 Å². The van der Waals surface area contributed by atoms with E-state index in [2.05, 4.69) is 51.4 Å². The van der Waals surface area contributed by atoms with Crippen molar-refractivity contribution in [1.82, 2.24) is 25.7 Å². The molecule has 0 saturated carbocycles. The Balaban J connectivity index is 1.49. The van der Waals surface area contributed by atoms with E-state index < -0.39 is 0 Å². The molecule has 0 spiro atoms. The van der Waals surface area contributed by atoms with Gasteiger partial charge in [0.1, 0.15) is 5.75 Å². The Kier molecular flexibility index (Phi) is 5.73. The number of aromatic hydroxyl groups is 1.